The van der Waals surface area contributed by atoms with Crippen molar-refractivity contribution in [2.45, 2.75) is 32.7 Å². The summed E-state index contributed by atoms with van der Waals surface area (Å²) in [6.07, 6.45) is 0.520. The van der Waals surface area contributed by atoms with Gasteiger partial charge in [-0.15, -0.1) is 0 Å². The summed E-state index contributed by atoms with van der Waals surface area (Å²) in [5.41, 5.74) is 4.73. The minimum Gasteiger partial charge on any atom is -0.480 e. The highest BCUT2D eigenvalue weighted by molar-refractivity contribution is 5.87. The van der Waals surface area contributed by atoms with Crippen LogP contribution in [0, 0.1) is 5.41 Å². The zero-order chi connectivity index (χ0) is 12.8. The molecule has 0 saturated heterocycles. The maximum Gasteiger partial charge on any atom is 0.326 e. The van der Waals surface area contributed by atoms with Gasteiger partial charge in [0.25, 0.3) is 0 Å². The van der Waals surface area contributed by atoms with Crippen molar-refractivity contribution in [3.05, 3.63) is 0 Å². The molecule has 0 spiro atoms. The minimum absolute atomic E-state index is 0.00849. The van der Waals surface area contributed by atoms with E-state index in [1.807, 2.05) is 6.92 Å². The molecule has 6 heteroatoms. The molecule has 0 aliphatic heterocycles. The highest BCUT2D eigenvalue weighted by Gasteiger charge is 2.32. The first-order valence-corrected chi connectivity index (χ1v) is 5.26. The average Bonchev–Trinajstić information content (AvgIpc) is 2.26. The van der Waals surface area contributed by atoms with Crippen LogP contribution in [0.25, 0.3) is 0 Å². The number of carboxylic acids is 1. The van der Waals surface area contributed by atoms with Crippen molar-refractivity contribution in [3.63, 3.8) is 0 Å². The molecule has 0 aromatic heterocycles. The van der Waals surface area contributed by atoms with E-state index >= 15 is 0 Å². The van der Waals surface area contributed by atoms with E-state index in [2.05, 4.69) is 5.32 Å². The summed E-state index contributed by atoms with van der Waals surface area (Å²) in [7, 11) is 0. The number of carbonyl (C=O) groups is 2. The molecular weight excluding hydrogens is 212 g/mol. The van der Waals surface area contributed by atoms with Crippen LogP contribution in [0.4, 0.5) is 0 Å². The van der Waals surface area contributed by atoms with E-state index in [9.17, 15) is 9.59 Å². The van der Waals surface area contributed by atoms with E-state index in [1.54, 1.807) is 6.92 Å². The predicted molar refractivity (Wildman–Crippen MR) is 58.7 cm³/mol. The summed E-state index contributed by atoms with van der Waals surface area (Å²) in [5, 5.41) is 19.9. The number of hydrogen-bond acceptors (Lipinski definition) is 4. The number of aliphatic carboxylic acids is 1. The second-order valence-electron chi connectivity index (χ2n) is 3.99. The van der Waals surface area contributed by atoms with E-state index in [0.717, 1.165) is 0 Å². The van der Waals surface area contributed by atoms with Gasteiger partial charge in [0, 0.05) is 19.6 Å². The van der Waals surface area contributed by atoms with E-state index in [1.165, 1.54) is 0 Å². The third-order valence-corrected chi connectivity index (χ3v) is 2.80. The Morgan fingerprint density at radius 1 is 1.50 bits per heavy atom. The van der Waals surface area contributed by atoms with Gasteiger partial charge in [-0.25, -0.2) is 4.79 Å². The topological polar surface area (TPSA) is 113 Å². The average molecular weight is 232 g/mol. The number of aliphatic hydroxyl groups excluding tert-OH is 1. The molecule has 6 nitrogen and oxygen atoms in total. The molecule has 16 heavy (non-hydrogen) atoms. The van der Waals surface area contributed by atoms with Crippen molar-refractivity contribution >= 4 is 11.9 Å². The number of rotatable bonds is 7. The molecule has 1 amide bonds. The summed E-state index contributed by atoms with van der Waals surface area (Å²) >= 11 is 0. The molecular formula is C10H20N2O4. The Balaban J connectivity index is 4.56. The number of carbonyl (C=O) groups excluding carboxylic acids is 1. The van der Waals surface area contributed by atoms with Gasteiger partial charge >= 0.3 is 5.97 Å². The Morgan fingerprint density at radius 3 is 2.38 bits per heavy atom. The SMILES string of the molecule is CCC(C)(CN)C(=O)NC(CCO)C(=O)O. The summed E-state index contributed by atoms with van der Waals surface area (Å²) < 4.78 is 0. The van der Waals surface area contributed by atoms with Crippen LogP contribution in [0.15, 0.2) is 0 Å². The van der Waals surface area contributed by atoms with Crippen LogP contribution < -0.4 is 11.1 Å². The van der Waals surface area contributed by atoms with Crippen molar-refractivity contribution in [1.29, 1.82) is 0 Å². The van der Waals surface area contributed by atoms with Crippen LogP contribution in [0.1, 0.15) is 26.7 Å². The highest BCUT2D eigenvalue weighted by atomic mass is 16.4. The highest BCUT2D eigenvalue weighted by Crippen LogP contribution is 2.19. The minimum atomic E-state index is -1.15. The second kappa shape index (κ2) is 6.44. The lowest BCUT2D eigenvalue weighted by atomic mass is 9.86. The van der Waals surface area contributed by atoms with Crippen LogP contribution in [-0.4, -0.2) is 41.3 Å². The number of amides is 1. The molecule has 0 aromatic rings. The van der Waals surface area contributed by atoms with Gasteiger partial charge in [0.15, 0.2) is 0 Å². The van der Waals surface area contributed by atoms with Gasteiger partial charge in [0.05, 0.1) is 5.41 Å². The zero-order valence-corrected chi connectivity index (χ0v) is 9.69. The summed E-state index contributed by atoms with van der Waals surface area (Å²) in [6.45, 7) is 3.36. The van der Waals surface area contributed by atoms with Crippen LogP contribution in [0.2, 0.25) is 0 Å². The first kappa shape index (κ1) is 14.9. The fraction of sp³-hybridized carbons (Fsp3) is 0.800. The largest absolute Gasteiger partial charge is 0.480 e. The van der Waals surface area contributed by atoms with Crippen molar-refractivity contribution in [1.82, 2.24) is 5.32 Å². The molecule has 0 aromatic carbocycles. The zero-order valence-electron chi connectivity index (χ0n) is 9.69. The van der Waals surface area contributed by atoms with E-state index in [4.69, 9.17) is 15.9 Å². The van der Waals surface area contributed by atoms with Gasteiger partial charge in [-0.2, -0.15) is 0 Å². The molecule has 0 radical (unpaired) electrons. The van der Waals surface area contributed by atoms with Gasteiger partial charge < -0.3 is 21.3 Å². The maximum absolute atomic E-state index is 11.8. The fourth-order valence-electron chi connectivity index (χ4n) is 1.12. The first-order valence-electron chi connectivity index (χ1n) is 5.26. The number of carboxylic acid groups (broad SMARTS) is 1. The van der Waals surface area contributed by atoms with Crippen LogP contribution in [-0.2, 0) is 9.59 Å². The van der Waals surface area contributed by atoms with Gasteiger partial charge in [-0.05, 0) is 13.3 Å². The number of hydrogen-bond donors (Lipinski definition) is 4. The van der Waals surface area contributed by atoms with Crippen molar-refractivity contribution in [3.8, 4) is 0 Å². The molecule has 0 aliphatic carbocycles. The van der Waals surface area contributed by atoms with Crippen molar-refractivity contribution in [2.24, 2.45) is 11.1 Å². The van der Waals surface area contributed by atoms with E-state index < -0.39 is 23.3 Å². The number of nitrogens with two attached hydrogens (primary N) is 1. The maximum atomic E-state index is 11.8. The summed E-state index contributed by atoms with van der Waals surface area (Å²) in [5.74, 6) is -1.55. The van der Waals surface area contributed by atoms with Crippen LogP contribution in [0.3, 0.4) is 0 Å². The second-order valence-corrected chi connectivity index (χ2v) is 3.99. The molecule has 94 valence electrons. The standard InChI is InChI=1S/C10H20N2O4/c1-3-10(2,6-11)9(16)12-7(4-5-13)8(14)15/h7,13H,3-6,11H2,1-2H3,(H,12,16)(H,14,15). The molecule has 2 unspecified atom stereocenters. The summed E-state index contributed by atoms with van der Waals surface area (Å²) in [4.78, 5) is 22.6. The third kappa shape index (κ3) is 3.79. The molecule has 2 atom stereocenters. The Labute approximate surface area is 94.8 Å². The molecule has 0 fully saturated rings. The fourth-order valence-corrected chi connectivity index (χ4v) is 1.12. The number of nitrogens with one attached hydrogen (secondary N) is 1. The predicted octanol–water partition coefficient (Wildman–Crippen LogP) is -0.687. The number of aliphatic hydroxyl groups is 1. The molecule has 0 rings (SSSR count). The Morgan fingerprint density at radius 2 is 2.06 bits per heavy atom. The van der Waals surface area contributed by atoms with Gasteiger partial charge in [-0.3, -0.25) is 4.79 Å². The van der Waals surface area contributed by atoms with Gasteiger partial charge in [0.1, 0.15) is 6.04 Å². The lowest BCUT2D eigenvalue weighted by Crippen LogP contribution is -2.50. The molecule has 0 heterocycles. The lowest BCUT2D eigenvalue weighted by molar-refractivity contribution is -0.144. The monoisotopic (exact) mass is 232 g/mol. The van der Waals surface area contributed by atoms with Crippen LogP contribution in [0.5, 0.6) is 0 Å². The molecule has 0 aliphatic rings. The Kier molecular flexibility index (Phi) is 5.98. The third-order valence-electron chi connectivity index (χ3n) is 2.80. The van der Waals surface area contributed by atoms with Crippen molar-refractivity contribution in [2.75, 3.05) is 13.2 Å². The van der Waals surface area contributed by atoms with Crippen molar-refractivity contribution < 1.29 is 19.8 Å². The van der Waals surface area contributed by atoms with Gasteiger partial charge in [0.2, 0.25) is 5.91 Å². The smallest absolute Gasteiger partial charge is 0.326 e. The quantitative estimate of drug-likeness (QED) is 0.464. The van der Waals surface area contributed by atoms with Gasteiger partial charge in [-0.1, -0.05) is 6.92 Å². The molecule has 0 bridgehead atoms. The first-order chi connectivity index (χ1) is 7.41. The van der Waals surface area contributed by atoms with E-state index in [-0.39, 0.29) is 19.6 Å². The normalized spacial score (nSPS) is 16.2. The van der Waals surface area contributed by atoms with Crippen LogP contribution >= 0.6 is 0 Å². The lowest BCUT2D eigenvalue weighted by Gasteiger charge is -2.26. The van der Waals surface area contributed by atoms with E-state index in [0.29, 0.717) is 6.42 Å². The molecule has 0 saturated carbocycles. The molecule has 5 N–H and O–H groups in total. The Hall–Kier alpha value is -1.14. The summed E-state index contributed by atoms with van der Waals surface area (Å²) in [6, 6.07) is -1.06. The Bertz CT molecular complexity index is 251.